The summed E-state index contributed by atoms with van der Waals surface area (Å²) in [4.78, 5) is 2.53. The van der Waals surface area contributed by atoms with E-state index >= 15 is 0 Å². The van der Waals surface area contributed by atoms with Crippen LogP contribution in [0.3, 0.4) is 0 Å². The minimum absolute atomic E-state index is 0.333. The standard InChI is InChI=1S/C12H25NO/c1-10(2)13-7-6-12(3,4)11(9-13)5-8-14/h10-11,14H,5-9H2,1-4H3. The molecule has 1 atom stereocenters. The second kappa shape index (κ2) is 4.63. The maximum atomic E-state index is 9.06. The summed E-state index contributed by atoms with van der Waals surface area (Å²) in [6, 6.07) is 0.646. The van der Waals surface area contributed by atoms with Crippen molar-refractivity contribution in [3.63, 3.8) is 0 Å². The third-order valence-electron chi connectivity index (χ3n) is 3.81. The van der Waals surface area contributed by atoms with Crippen molar-refractivity contribution in [2.24, 2.45) is 11.3 Å². The number of aliphatic hydroxyl groups excluding tert-OH is 1. The lowest BCUT2D eigenvalue weighted by Crippen LogP contribution is -2.47. The van der Waals surface area contributed by atoms with Gasteiger partial charge in [-0.1, -0.05) is 13.8 Å². The zero-order chi connectivity index (χ0) is 10.8. The smallest absolute Gasteiger partial charge is 0.0434 e. The molecule has 0 bridgehead atoms. The molecule has 1 N–H and O–H groups in total. The van der Waals surface area contributed by atoms with Crippen LogP contribution in [0.15, 0.2) is 0 Å². The molecule has 1 aliphatic rings. The topological polar surface area (TPSA) is 23.5 Å². The Balaban J connectivity index is 2.58. The van der Waals surface area contributed by atoms with Gasteiger partial charge in [0.25, 0.3) is 0 Å². The number of hydrogen-bond donors (Lipinski definition) is 1. The molecule has 84 valence electrons. The van der Waals surface area contributed by atoms with E-state index in [0.29, 0.717) is 24.0 Å². The third-order valence-corrected chi connectivity index (χ3v) is 3.81. The van der Waals surface area contributed by atoms with Crippen molar-refractivity contribution in [2.45, 2.75) is 46.6 Å². The van der Waals surface area contributed by atoms with Crippen molar-refractivity contribution < 1.29 is 5.11 Å². The molecule has 2 heteroatoms. The lowest BCUT2D eigenvalue weighted by Gasteiger charge is -2.45. The first-order chi connectivity index (χ1) is 6.47. The van der Waals surface area contributed by atoms with Crippen LogP contribution in [0.1, 0.15) is 40.5 Å². The van der Waals surface area contributed by atoms with Crippen LogP contribution in [-0.4, -0.2) is 35.7 Å². The minimum atomic E-state index is 0.333. The predicted octanol–water partition coefficient (Wildman–Crippen LogP) is 2.13. The first-order valence-corrected chi connectivity index (χ1v) is 5.82. The Morgan fingerprint density at radius 1 is 1.43 bits per heavy atom. The average molecular weight is 199 g/mol. The number of nitrogens with zero attached hydrogens (tertiary/aromatic N) is 1. The van der Waals surface area contributed by atoms with E-state index < -0.39 is 0 Å². The van der Waals surface area contributed by atoms with Gasteiger partial charge < -0.3 is 10.0 Å². The Hall–Kier alpha value is -0.0800. The summed E-state index contributed by atoms with van der Waals surface area (Å²) in [6.45, 7) is 11.9. The van der Waals surface area contributed by atoms with E-state index in [2.05, 4.69) is 32.6 Å². The Morgan fingerprint density at radius 3 is 2.57 bits per heavy atom. The van der Waals surface area contributed by atoms with Crippen LogP contribution in [0.25, 0.3) is 0 Å². The van der Waals surface area contributed by atoms with Gasteiger partial charge in [-0.25, -0.2) is 0 Å². The Morgan fingerprint density at radius 2 is 2.07 bits per heavy atom. The summed E-state index contributed by atoms with van der Waals surface area (Å²) in [5, 5.41) is 9.06. The van der Waals surface area contributed by atoms with Crippen LogP contribution in [0.4, 0.5) is 0 Å². The van der Waals surface area contributed by atoms with Gasteiger partial charge >= 0.3 is 0 Å². The van der Waals surface area contributed by atoms with Crippen molar-refractivity contribution in [1.29, 1.82) is 0 Å². The van der Waals surface area contributed by atoms with Crippen LogP contribution in [-0.2, 0) is 0 Å². The molecule has 0 aromatic carbocycles. The molecule has 0 spiro atoms. The van der Waals surface area contributed by atoms with E-state index in [0.717, 1.165) is 13.0 Å². The largest absolute Gasteiger partial charge is 0.396 e. The highest BCUT2D eigenvalue weighted by molar-refractivity contribution is 4.87. The van der Waals surface area contributed by atoms with Crippen LogP contribution >= 0.6 is 0 Å². The first-order valence-electron chi connectivity index (χ1n) is 5.82. The highest BCUT2D eigenvalue weighted by Gasteiger charge is 2.35. The van der Waals surface area contributed by atoms with E-state index in [1.165, 1.54) is 13.0 Å². The van der Waals surface area contributed by atoms with Crippen molar-refractivity contribution in [3.05, 3.63) is 0 Å². The predicted molar refractivity (Wildman–Crippen MR) is 60.3 cm³/mol. The van der Waals surface area contributed by atoms with Crippen LogP contribution in [0, 0.1) is 11.3 Å². The van der Waals surface area contributed by atoms with Gasteiger partial charge in [-0.2, -0.15) is 0 Å². The summed E-state index contributed by atoms with van der Waals surface area (Å²) in [5.41, 5.74) is 0.411. The summed E-state index contributed by atoms with van der Waals surface area (Å²) in [5.74, 6) is 0.656. The third kappa shape index (κ3) is 2.71. The number of likely N-dealkylation sites (tertiary alicyclic amines) is 1. The summed E-state index contributed by atoms with van der Waals surface area (Å²) in [6.07, 6.45) is 2.21. The number of aliphatic hydroxyl groups is 1. The van der Waals surface area contributed by atoms with Crippen LogP contribution in [0.5, 0.6) is 0 Å². The van der Waals surface area contributed by atoms with Gasteiger partial charge in [0.2, 0.25) is 0 Å². The molecule has 0 aromatic rings. The van der Waals surface area contributed by atoms with Crippen molar-refractivity contribution in [1.82, 2.24) is 4.90 Å². The molecule has 1 fully saturated rings. The molecule has 1 saturated heterocycles. The van der Waals surface area contributed by atoms with Gasteiger partial charge in [0.05, 0.1) is 0 Å². The fourth-order valence-electron chi connectivity index (χ4n) is 2.36. The Bertz CT molecular complexity index is 177. The SMILES string of the molecule is CC(C)N1CCC(C)(C)C(CCO)C1. The van der Waals surface area contributed by atoms with Gasteiger partial charge in [-0.05, 0) is 44.6 Å². The van der Waals surface area contributed by atoms with E-state index in [1.54, 1.807) is 0 Å². The monoisotopic (exact) mass is 199 g/mol. The minimum Gasteiger partial charge on any atom is -0.396 e. The second-order valence-electron chi connectivity index (χ2n) is 5.54. The zero-order valence-corrected chi connectivity index (χ0v) is 10.1. The van der Waals surface area contributed by atoms with Gasteiger partial charge in [0, 0.05) is 19.2 Å². The molecule has 14 heavy (non-hydrogen) atoms. The van der Waals surface area contributed by atoms with E-state index in [-0.39, 0.29) is 0 Å². The molecule has 0 aliphatic carbocycles. The zero-order valence-electron chi connectivity index (χ0n) is 10.1. The maximum absolute atomic E-state index is 9.06. The Kier molecular flexibility index (Phi) is 3.96. The number of hydrogen-bond acceptors (Lipinski definition) is 2. The molecular formula is C12H25NO. The molecule has 2 nitrogen and oxygen atoms in total. The summed E-state index contributed by atoms with van der Waals surface area (Å²) < 4.78 is 0. The van der Waals surface area contributed by atoms with Gasteiger partial charge in [-0.3, -0.25) is 0 Å². The van der Waals surface area contributed by atoms with Gasteiger partial charge in [-0.15, -0.1) is 0 Å². The molecule has 0 aromatic heterocycles. The maximum Gasteiger partial charge on any atom is 0.0434 e. The Labute approximate surface area is 88.3 Å². The lowest BCUT2D eigenvalue weighted by molar-refractivity contribution is 0.0286. The second-order valence-corrected chi connectivity index (χ2v) is 5.54. The number of rotatable bonds is 3. The highest BCUT2D eigenvalue weighted by Crippen LogP contribution is 2.37. The summed E-state index contributed by atoms with van der Waals surface area (Å²) in [7, 11) is 0. The van der Waals surface area contributed by atoms with Crippen molar-refractivity contribution in [2.75, 3.05) is 19.7 Å². The number of piperidine rings is 1. The van der Waals surface area contributed by atoms with E-state index in [4.69, 9.17) is 5.11 Å². The van der Waals surface area contributed by atoms with Gasteiger partial charge in [0.1, 0.15) is 0 Å². The highest BCUT2D eigenvalue weighted by atomic mass is 16.3. The molecule has 1 unspecified atom stereocenters. The first kappa shape index (κ1) is 12.0. The van der Waals surface area contributed by atoms with Crippen LogP contribution < -0.4 is 0 Å². The molecule has 1 heterocycles. The molecule has 0 radical (unpaired) electrons. The summed E-state index contributed by atoms with van der Waals surface area (Å²) >= 11 is 0. The molecular weight excluding hydrogens is 174 g/mol. The van der Waals surface area contributed by atoms with Gasteiger partial charge in [0.15, 0.2) is 0 Å². The lowest BCUT2D eigenvalue weighted by atomic mass is 9.72. The van der Waals surface area contributed by atoms with Crippen molar-refractivity contribution in [3.8, 4) is 0 Å². The fraction of sp³-hybridized carbons (Fsp3) is 1.00. The molecule has 1 aliphatic heterocycles. The molecule has 0 amide bonds. The molecule has 0 saturated carbocycles. The molecule has 1 rings (SSSR count). The van der Waals surface area contributed by atoms with E-state index in [9.17, 15) is 0 Å². The quantitative estimate of drug-likeness (QED) is 0.752. The van der Waals surface area contributed by atoms with E-state index in [1.807, 2.05) is 0 Å². The fourth-order valence-corrected chi connectivity index (χ4v) is 2.36. The normalized spacial score (nSPS) is 28.3. The van der Waals surface area contributed by atoms with Crippen LogP contribution in [0.2, 0.25) is 0 Å². The average Bonchev–Trinajstić information content (AvgIpc) is 2.08. The van der Waals surface area contributed by atoms with Crippen molar-refractivity contribution >= 4 is 0 Å².